The maximum absolute atomic E-state index is 6.54. The van der Waals surface area contributed by atoms with E-state index in [2.05, 4.69) is 48.3 Å². The lowest BCUT2D eigenvalue weighted by atomic mass is 10.0. The normalized spacial score (nSPS) is 15.2. The fraction of sp³-hybridized carbons (Fsp3) is 0.0400. The first-order valence-corrected chi connectivity index (χ1v) is 10.1. The summed E-state index contributed by atoms with van der Waals surface area (Å²) in [5.74, 6) is 0.747. The number of ether oxygens (including phenoxy) is 1. The van der Waals surface area contributed by atoms with Gasteiger partial charge in [-0.3, -0.25) is 0 Å². The Labute approximate surface area is 179 Å². The maximum atomic E-state index is 6.54. The third kappa shape index (κ3) is 3.33. The second-order valence-electron chi connectivity index (χ2n) is 7.09. The molecule has 0 N–H and O–H groups in total. The Kier molecular flexibility index (Phi) is 4.42. The summed E-state index contributed by atoms with van der Waals surface area (Å²) in [5, 5.41) is 4.15. The highest BCUT2D eigenvalue weighted by atomic mass is 35.5. The molecule has 0 saturated heterocycles. The molecule has 1 aliphatic heterocycles. The molecule has 5 rings (SSSR count). The number of aryl methyl sites for hydroxylation is 1. The number of aromatic nitrogens is 1. The molecule has 0 atom stereocenters. The highest BCUT2D eigenvalue weighted by Crippen LogP contribution is 2.32. The molecule has 0 radical (unpaired) electrons. The summed E-state index contributed by atoms with van der Waals surface area (Å²) in [6.07, 6.45) is 3.89. The van der Waals surface area contributed by atoms with Crippen LogP contribution in [0.2, 0.25) is 5.15 Å². The van der Waals surface area contributed by atoms with Gasteiger partial charge < -0.3 is 4.74 Å². The zero-order chi connectivity index (χ0) is 20.0. The summed E-state index contributed by atoms with van der Waals surface area (Å²) in [4.78, 5) is 4.67. The van der Waals surface area contributed by atoms with Crippen LogP contribution in [0, 0.1) is 6.92 Å². The van der Waals surface area contributed by atoms with Crippen molar-refractivity contribution in [2.24, 2.45) is 0 Å². The molecular weight excluding hydrogens is 398 g/mol. The molecule has 0 spiro atoms. The summed E-state index contributed by atoms with van der Waals surface area (Å²) in [6, 6.07) is 22.6. The number of hydrogen-bond donors (Lipinski definition) is 0. The minimum Gasteiger partial charge on any atom is -0.445 e. The van der Waals surface area contributed by atoms with Crippen LogP contribution in [0.4, 0.5) is 0 Å². The SMILES string of the molecule is Cc1ccc(C2=C/C(=C\c3cc4ccc5ccccc5c4nc3Cl)C(=S)O2)cc1. The molecule has 140 valence electrons. The third-order valence-electron chi connectivity index (χ3n) is 5.06. The lowest BCUT2D eigenvalue weighted by Gasteiger charge is -2.06. The van der Waals surface area contributed by atoms with E-state index in [1.807, 2.05) is 42.5 Å². The van der Waals surface area contributed by atoms with Gasteiger partial charge in [-0.05, 0) is 42.7 Å². The molecule has 0 bridgehead atoms. The third-order valence-corrected chi connectivity index (χ3v) is 5.68. The van der Waals surface area contributed by atoms with Crippen LogP contribution in [0.1, 0.15) is 16.7 Å². The summed E-state index contributed by atoms with van der Waals surface area (Å²) >= 11 is 12.0. The Hall–Kier alpha value is -3.01. The van der Waals surface area contributed by atoms with Crippen LogP contribution in [0.15, 0.2) is 78.4 Å². The molecular formula is C25H16ClNOS. The molecule has 0 saturated carbocycles. The molecule has 4 aromatic rings. The van der Waals surface area contributed by atoms with Gasteiger partial charge in [0.25, 0.3) is 0 Å². The van der Waals surface area contributed by atoms with Crippen molar-refractivity contribution in [3.63, 3.8) is 0 Å². The van der Waals surface area contributed by atoms with Gasteiger partial charge in [0.05, 0.1) is 5.52 Å². The van der Waals surface area contributed by atoms with Crippen molar-refractivity contribution in [3.8, 4) is 0 Å². The number of hydrogen-bond acceptors (Lipinski definition) is 3. The van der Waals surface area contributed by atoms with Gasteiger partial charge in [0, 0.05) is 27.5 Å². The van der Waals surface area contributed by atoms with Crippen LogP contribution in [-0.4, -0.2) is 10.0 Å². The monoisotopic (exact) mass is 413 g/mol. The van der Waals surface area contributed by atoms with E-state index in [0.717, 1.165) is 44.1 Å². The van der Waals surface area contributed by atoms with Crippen molar-refractivity contribution in [1.82, 2.24) is 4.98 Å². The van der Waals surface area contributed by atoms with Gasteiger partial charge in [0.15, 0.2) is 5.05 Å². The van der Waals surface area contributed by atoms with Gasteiger partial charge in [-0.15, -0.1) is 0 Å². The van der Waals surface area contributed by atoms with Crippen LogP contribution in [-0.2, 0) is 4.74 Å². The minimum absolute atomic E-state index is 0.440. The number of fused-ring (bicyclic) bond motifs is 3. The standard InChI is InChI=1S/C25H16ClNOS/c1-15-6-8-17(9-7-15)22-14-20(25(29)28-22)13-19-12-18-11-10-16-4-2-3-5-21(16)23(18)27-24(19)26/h2-14H,1H3/b20-13+. The number of halogens is 1. The van der Waals surface area contributed by atoms with E-state index in [4.69, 9.17) is 28.6 Å². The van der Waals surface area contributed by atoms with Crippen LogP contribution in [0.3, 0.4) is 0 Å². The number of benzene rings is 3. The first-order chi connectivity index (χ1) is 14.1. The van der Waals surface area contributed by atoms with Crippen LogP contribution in [0.5, 0.6) is 0 Å². The Balaban J connectivity index is 1.59. The second kappa shape index (κ2) is 7.11. The average Bonchev–Trinajstić information content (AvgIpc) is 3.09. The summed E-state index contributed by atoms with van der Waals surface area (Å²) in [5.41, 5.74) is 4.73. The lowest BCUT2D eigenvalue weighted by Crippen LogP contribution is -1.95. The zero-order valence-corrected chi connectivity index (χ0v) is 17.2. The molecule has 2 nitrogen and oxygen atoms in total. The number of thiocarbonyl (C=S) groups is 1. The summed E-state index contributed by atoms with van der Waals surface area (Å²) < 4.78 is 5.82. The summed E-state index contributed by atoms with van der Waals surface area (Å²) in [7, 11) is 0. The average molecular weight is 414 g/mol. The quantitative estimate of drug-likeness (QED) is 0.151. The van der Waals surface area contributed by atoms with E-state index in [9.17, 15) is 0 Å². The van der Waals surface area contributed by atoms with Gasteiger partial charge in [-0.25, -0.2) is 4.98 Å². The minimum atomic E-state index is 0.440. The zero-order valence-electron chi connectivity index (χ0n) is 15.6. The smallest absolute Gasteiger partial charge is 0.198 e. The molecule has 3 aromatic carbocycles. The molecule has 4 heteroatoms. The van der Waals surface area contributed by atoms with Crippen molar-refractivity contribution in [2.75, 3.05) is 0 Å². The summed E-state index contributed by atoms with van der Waals surface area (Å²) in [6.45, 7) is 2.06. The Morgan fingerprint density at radius 1 is 0.966 bits per heavy atom. The van der Waals surface area contributed by atoms with E-state index in [1.54, 1.807) is 0 Å². The van der Waals surface area contributed by atoms with E-state index >= 15 is 0 Å². The lowest BCUT2D eigenvalue weighted by molar-refractivity contribution is 0.535. The van der Waals surface area contributed by atoms with Crippen molar-refractivity contribution < 1.29 is 4.74 Å². The Morgan fingerprint density at radius 3 is 2.55 bits per heavy atom. The van der Waals surface area contributed by atoms with Crippen molar-refractivity contribution in [3.05, 3.63) is 100 Å². The van der Waals surface area contributed by atoms with Crippen LogP contribution >= 0.6 is 23.8 Å². The molecule has 0 amide bonds. The van der Waals surface area contributed by atoms with Crippen molar-refractivity contribution >= 4 is 62.4 Å². The molecule has 1 aromatic heterocycles. The highest BCUT2D eigenvalue weighted by Gasteiger charge is 2.19. The molecule has 2 heterocycles. The number of pyridine rings is 1. The Bertz CT molecular complexity index is 1350. The second-order valence-corrected chi connectivity index (χ2v) is 7.82. The maximum Gasteiger partial charge on any atom is 0.198 e. The van der Waals surface area contributed by atoms with E-state index in [0.29, 0.717) is 10.2 Å². The first-order valence-electron chi connectivity index (χ1n) is 9.29. The van der Waals surface area contributed by atoms with Gasteiger partial charge >= 0.3 is 0 Å². The van der Waals surface area contributed by atoms with E-state index in [-0.39, 0.29) is 0 Å². The first kappa shape index (κ1) is 18.0. The molecule has 0 unspecified atom stereocenters. The van der Waals surface area contributed by atoms with E-state index in [1.165, 1.54) is 5.56 Å². The van der Waals surface area contributed by atoms with Crippen LogP contribution in [0.25, 0.3) is 33.5 Å². The predicted molar refractivity (Wildman–Crippen MR) is 125 cm³/mol. The van der Waals surface area contributed by atoms with Gasteiger partial charge in [-0.1, -0.05) is 77.8 Å². The van der Waals surface area contributed by atoms with Crippen molar-refractivity contribution in [2.45, 2.75) is 6.92 Å². The van der Waals surface area contributed by atoms with E-state index < -0.39 is 0 Å². The van der Waals surface area contributed by atoms with Crippen LogP contribution < -0.4 is 0 Å². The number of nitrogens with zero attached hydrogens (tertiary/aromatic N) is 1. The molecule has 0 aliphatic carbocycles. The molecule has 1 aliphatic rings. The van der Waals surface area contributed by atoms with Gasteiger partial charge in [0.1, 0.15) is 10.9 Å². The number of rotatable bonds is 2. The van der Waals surface area contributed by atoms with Crippen molar-refractivity contribution in [1.29, 1.82) is 0 Å². The molecule has 0 fully saturated rings. The predicted octanol–water partition coefficient (Wildman–Crippen LogP) is 7.13. The van der Waals surface area contributed by atoms with Gasteiger partial charge in [0.2, 0.25) is 0 Å². The fourth-order valence-electron chi connectivity index (χ4n) is 3.52. The molecule has 29 heavy (non-hydrogen) atoms. The Morgan fingerprint density at radius 2 is 1.72 bits per heavy atom. The van der Waals surface area contributed by atoms with Gasteiger partial charge in [-0.2, -0.15) is 0 Å². The largest absolute Gasteiger partial charge is 0.445 e. The highest BCUT2D eigenvalue weighted by molar-refractivity contribution is 7.80. The fourth-order valence-corrected chi connectivity index (χ4v) is 3.92. The topological polar surface area (TPSA) is 22.1 Å².